The van der Waals surface area contributed by atoms with Gasteiger partial charge in [-0.15, -0.1) is 0 Å². The van der Waals surface area contributed by atoms with Gasteiger partial charge in [0.2, 0.25) is 11.9 Å². The Hall–Kier alpha value is -3.63. The molecule has 2 aromatic heterocycles. The van der Waals surface area contributed by atoms with Crippen molar-refractivity contribution in [2.24, 2.45) is 20.7 Å². The number of ether oxygens (including phenoxy) is 2. The largest absolute Gasteiger partial charge is 0.394 e. The zero-order chi connectivity index (χ0) is 24.3. The minimum Gasteiger partial charge on any atom is -0.394 e. The number of guanidine groups is 1. The summed E-state index contributed by atoms with van der Waals surface area (Å²) in [5.74, 6) is -0.330. The van der Waals surface area contributed by atoms with E-state index in [1.54, 1.807) is 9.47 Å². The van der Waals surface area contributed by atoms with Gasteiger partial charge in [-0.05, 0) is 25.1 Å². The quantitative estimate of drug-likeness (QED) is 0.342. The topological polar surface area (TPSA) is 212 Å². The first kappa shape index (κ1) is 21.9. The molecule has 4 aliphatic rings. The summed E-state index contributed by atoms with van der Waals surface area (Å²) in [6.07, 6.45) is 3.66. The maximum atomic E-state index is 12.1. The number of nitrogens with zero attached hydrogens (tertiary/aromatic N) is 7. The highest BCUT2D eigenvalue weighted by molar-refractivity contribution is 6.39. The Kier molecular flexibility index (Phi) is 5.16. The van der Waals surface area contributed by atoms with Crippen molar-refractivity contribution >= 4 is 48.4 Å². The fourth-order valence-corrected chi connectivity index (χ4v) is 4.96. The zero-order valence-electron chi connectivity index (χ0n) is 18.4. The highest BCUT2D eigenvalue weighted by Gasteiger charge is 2.45. The van der Waals surface area contributed by atoms with E-state index in [-0.39, 0.29) is 42.1 Å². The van der Waals surface area contributed by atoms with Crippen molar-refractivity contribution in [1.82, 2.24) is 24.4 Å². The van der Waals surface area contributed by atoms with Crippen LogP contribution in [0.25, 0.3) is 11.2 Å². The molecule has 2 fully saturated rings. The molecule has 0 saturated carbocycles. The average molecular weight is 481 g/mol. The van der Waals surface area contributed by atoms with Gasteiger partial charge in [0, 0.05) is 6.00 Å². The molecule has 16 heteroatoms. The Morgan fingerprint density at radius 1 is 1.20 bits per heavy atom. The minimum absolute atomic E-state index is 0.00952. The van der Waals surface area contributed by atoms with Gasteiger partial charge in [-0.2, -0.15) is 15.0 Å². The molecule has 6 heterocycles. The summed E-state index contributed by atoms with van der Waals surface area (Å²) in [6, 6.07) is -1.03. The van der Waals surface area contributed by atoms with Gasteiger partial charge in [-0.1, -0.05) is 0 Å². The molecule has 6 rings (SSSR count). The second-order valence-corrected chi connectivity index (χ2v) is 8.74. The van der Waals surface area contributed by atoms with Crippen molar-refractivity contribution in [2.45, 2.75) is 55.7 Å². The van der Waals surface area contributed by atoms with E-state index in [0.29, 0.717) is 24.3 Å². The number of carbonyl (C=O) groups excluding carboxylic acids is 1. The number of aromatic nitrogens is 4. The van der Waals surface area contributed by atoms with E-state index in [9.17, 15) is 14.7 Å². The van der Waals surface area contributed by atoms with E-state index in [1.165, 1.54) is 12.7 Å². The molecule has 1 amide bonds. The third-order valence-corrected chi connectivity index (χ3v) is 6.56. The van der Waals surface area contributed by atoms with Crippen LogP contribution in [0.15, 0.2) is 26.1 Å². The molecule has 1 unspecified atom stereocenters. The van der Waals surface area contributed by atoms with Gasteiger partial charge < -0.3 is 26.0 Å². The van der Waals surface area contributed by atoms with Crippen LogP contribution in [0.1, 0.15) is 25.5 Å². The van der Waals surface area contributed by atoms with E-state index in [0.717, 1.165) is 6.42 Å². The van der Waals surface area contributed by atoms with Gasteiger partial charge in [-0.3, -0.25) is 29.0 Å². The number of anilines is 1. The number of aliphatic imine (C=N–C) groups is 3. The Balaban J connectivity index is 1.14. The van der Waals surface area contributed by atoms with E-state index in [4.69, 9.17) is 20.9 Å². The number of nitrogens with two attached hydrogens (primary N) is 2. The molecule has 2 saturated heterocycles. The van der Waals surface area contributed by atoms with Crippen molar-refractivity contribution in [3.63, 3.8) is 0 Å². The molecule has 0 aromatic carbocycles. The van der Waals surface area contributed by atoms with E-state index in [2.05, 4.69) is 29.9 Å². The normalized spacial score (nSPS) is 32.3. The molecule has 0 bridgehead atoms. The van der Waals surface area contributed by atoms with Crippen LogP contribution in [0.4, 0.5) is 5.95 Å². The third-order valence-electron chi connectivity index (χ3n) is 6.56. The number of aromatic amines is 1. The van der Waals surface area contributed by atoms with Crippen LogP contribution >= 0.6 is 0 Å². The Labute approximate surface area is 198 Å². The maximum absolute atomic E-state index is 12.1. The van der Waals surface area contributed by atoms with Crippen LogP contribution in [0.2, 0.25) is 5.82 Å². The van der Waals surface area contributed by atoms with Crippen molar-refractivity contribution in [2.75, 3.05) is 12.3 Å². The highest BCUT2D eigenvalue weighted by atomic mass is 16.5. The first-order valence-electron chi connectivity index (χ1n) is 11.2. The molecule has 0 aliphatic carbocycles. The number of aliphatic hydroxyl groups excluding tert-OH is 1. The summed E-state index contributed by atoms with van der Waals surface area (Å²) in [7, 11) is 2.03. The number of aliphatic hydroxyl groups is 1. The predicted molar refractivity (Wildman–Crippen MR) is 124 cm³/mol. The Morgan fingerprint density at radius 2 is 2.06 bits per heavy atom. The van der Waals surface area contributed by atoms with Crippen molar-refractivity contribution in [1.29, 1.82) is 0 Å². The van der Waals surface area contributed by atoms with E-state index >= 15 is 0 Å². The predicted octanol–water partition coefficient (Wildman–Crippen LogP) is -2.10. The number of nitrogens with one attached hydrogen (secondary N) is 1. The molecule has 35 heavy (non-hydrogen) atoms. The second kappa shape index (κ2) is 8.25. The number of amidine groups is 1. The number of rotatable bonds is 5. The summed E-state index contributed by atoms with van der Waals surface area (Å²) >= 11 is 0. The van der Waals surface area contributed by atoms with Gasteiger partial charge >= 0.3 is 0 Å². The number of H-pyrrole nitrogens is 1. The van der Waals surface area contributed by atoms with Crippen LogP contribution in [0, 0.1) is 0 Å². The number of amides is 1. The van der Waals surface area contributed by atoms with Crippen LogP contribution in [0.3, 0.4) is 0 Å². The molecule has 181 valence electrons. The first-order chi connectivity index (χ1) is 16.9. The molecule has 4 aliphatic heterocycles. The second-order valence-electron chi connectivity index (χ2n) is 8.74. The molecular formula is C19H22BN10O5. The standard InChI is InChI=1S/C19H22BN10O5/c21-18-25-14-12(16(32)27-18)23-5-29(14)10-2-1-9(35-10)20-7-3-11(34-8(7)4-31)30-6-24-13-15(30)26-19(22)28-17(13)33/h5-11,13,31H,1-4H2,(H2,22,28,33)(H3,21,25,27,32)/t7-,8+,9-,10+,11+,13?/m0/s1. The fourth-order valence-electron chi connectivity index (χ4n) is 4.96. The zero-order valence-corrected chi connectivity index (χ0v) is 18.4. The summed E-state index contributed by atoms with van der Waals surface area (Å²) in [4.78, 5) is 48.6. The number of imidazole rings is 1. The molecule has 1 radical (unpaired) electrons. The van der Waals surface area contributed by atoms with Crippen molar-refractivity contribution < 1.29 is 19.4 Å². The highest BCUT2D eigenvalue weighted by Crippen LogP contribution is 2.38. The number of hydrogen-bond donors (Lipinski definition) is 4. The van der Waals surface area contributed by atoms with Crippen LogP contribution in [-0.4, -0.2) is 91.8 Å². The van der Waals surface area contributed by atoms with Crippen molar-refractivity contribution in [3.8, 4) is 0 Å². The number of hydrogen-bond acceptors (Lipinski definition) is 12. The molecule has 15 nitrogen and oxygen atoms in total. The Morgan fingerprint density at radius 3 is 2.89 bits per heavy atom. The smallest absolute Gasteiger partial charge is 0.281 e. The summed E-state index contributed by atoms with van der Waals surface area (Å²) in [6.45, 7) is -0.185. The Bertz CT molecular complexity index is 1340. The van der Waals surface area contributed by atoms with E-state index in [1.807, 2.05) is 7.28 Å². The van der Waals surface area contributed by atoms with Crippen LogP contribution < -0.4 is 17.0 Å². The molecule has 0 spiro atoms. The lowest BCUT2D eigenvalue weighted by Gasteiger charge is -2.25. The maximum Gasteiger partial charge on any atom is 0.281 e. The molecular weight excluding hydrogens is 459 g/mol. The van der Waals surface area contributed by atoms with Gasteiger partial charge in [0.05, 0.1) is 25.4 Å². The van der Waals surface area contributed by atoms with Crippen LogP contribution in [-0.2, 0) is 14.3 Å². The van der Waals surface area contributed by atoms with Gasteiger partial charge in [0.25, 0.3) is 11.5 Å². The first-order valence-corrected chi connectivity index (χ1v) is 11.2. The number of fused-ring (bicyclic) bond motifs is 2. The lowest BCUT2D eigenvalue weighted by Crippen LogP contribution is -2.44. The summed E-state index contributed by atoms with van der Waals surface area (Å²) in [5.41, 5.74) is 11.5. The third kappa shape index (κ3) is 3.69. The fraction of sp³-hybridized carbons (Fsp3) is 0.526. The summed E-state index contributed by atoms with van der Waals surface area (Å²) < 4.78 is 14.0. The van der Waals surface area contributed by atoms with Gasteiger partial charge in [0.1, 0.15) is 12.5 Å². The number of carbonyl (C=O) groups is 1. The lowest BCUT2D eigenvalue weighted by molar-refractivity contribution is -0.117. The van der Waals surface area contributed by atoms with Crippen LogP contribution in [0.5, 0.6) is 0 Å². The molecule has 6 atom stereocenters. The monoisotopic (exact) mass is 481 g/mol. The summed E-state index contributed by atoms with van der Waals surface area (Å²) in [5, 5.41) is 9.93. The van der Waals surface area contributed by atoms with E-state index < -0.39 is 29.8 Å². The van der Waals surface area contributed by atoms with Gasteiger partial charge in [0.15, 0.2) is 30.3 Å². The molecule has 6 N–H and O–H groups in total. The average Bonchev–Trinajstić information content (AvgIpc) is 3.58. The minimum atomic E-state index is -0.819. The molecule has 2 aromatic rings. The number of nitrogen functional groups attached to an aromatic ring is 1. The van der Waals surface area contributed by atoms with Gasteiger partial charge in [-0.25, -0.2) is 4.98 Å². The van der Waals surface area contributed by atoms with Crippen molar-refractivity contribution in [3.05, 3.63) is 16.7 Å². The SMILES string of the molecule is NC1=NC(=O)C2N=CN([C@H]3C[C@H]([B][C@@H]4CC[C@H](n5cnc6c(=O)[nH]c(N)nc65)O4)[C@@H](CO)O3)C2=N1. The lowest BCUT2D eigenvalue weighted by atomic mass is 9.56.